The summed E-state index contributed by atoms with van der Waals surface area (Å²) >= 11 is 1.37. The molecule has 0 spiro atoms. The van der Waals surface area contributed by atoms with Gasteiger partial charge in [-0.1, -0.05) is 55.8 Å². The first-order valence-corrected chi connectivity index (χ1v) is 10.3. The standard InChI is InChI=1S/C23H27NO2S/c1-15(2)9-10-16(3)20-14-24-12-11-18(20)19-13-21(27-22(19)23(25)26)17-7-5-4-6-8-17/h4-8,10,13,15,24H,9,11-12,14H2,1-3H3,(H,25,26)/b16-10+. The van der Waals surface area contributed by atoms with Crippen molar-refractivity contribution in [3.8, 4) is 10.4 Å². The van der Waals surface area contributed by atoms with Crippen molar-refractivity contribution < 1.29 is 9.90 Å². The van der Waals surface area contributed by atoms with Crippen molar-refractivity contribution in [1.29, 1.82) is 0 Å². The maximum absolute atomic E-state index is 12.0. The van der Waals surface area contributed by atoms with E-state index >= 15 is 0 Å². The average Bonchev–Trinajstić information content (AvgIpc) is 3.12. The third kappa shape index (κ3) is 4.57. The highest BCUT2D eigenvalue weighted by atomic mass is 32.1. The van der Waals surface area contributed by atoms with Crippen molar-refractivity contribution in [3.63, 3.8) is 0 Å². The van der Waals surface area contributed by atoms with E-state index in [1.54, 1.807) is 0 Å². The number of carboxylic acid groups (broad SMARTS) is 1. The Hall–Kier alpha value is -2.17. The zero-order valence-corrected chi connectivity index (χ0v) is 17.0. The minimum absolute atomic E-state index is 0.444. The van der Waals surface area contributed by atoms with Crippen LogP contribution in [0.5, 0.6) is 0 Å². The fraction of sp³-hybridized carbons (Fsp3) is 0.348. The summed E-state index contributed by atoms with van der Waals surface area (Å²) in [5, 5.41) is 13.3. The molecule has 142 valence electrons. The van der Waals surface area contributed by atoms with Crippen molar-refractivity contribution in [1.82, 2.24) is 5.32 Å². The molecule has 0 saturated carbocycles. The van der Waals surface area contributed by atoms with Gasteiger partial charge in [-0.2, -0.15) is 0 Å². The lowest BCUT2D eigenvalue weighted by molar-refractivity contribution is 0.0702. The average molecular weight is 382 g/mol. The number of carboxylic acids is 1. The lowest BCUT2D eigenvalue weighted by Gasteiger charge is -2.22. The SMILES string of the molecule is C/C(=C\CC(C)C)C1=C(c2cc(-c3ccccc3)sc2C(=O)O)CCNC1. The van der Waals surface area contributed by atoms with Gasteiger partial charge in [-0.05, 0) is 55.0 Å². The molecule has 2 aromatic rings. The maximum Gasteiger partial charge on any atom is 0.346 e. The first kappa shape index (κ1) is 19.6. The summed E-state index contributed by atoms with van der Waals surface area (Å²) in [4.78, 5) is 13.4. The predicted molar refractivity (Wildman–Crippen MR) is 114 cm³/mol. The summed E-state index contributed by atoms with van der Waals surface area (Å²) in [6.45, 7) is 8.25. The fourth-order valence-corrected chi connectivity index (χ4v) is 4.44. The van der Waals surface area contributed by atoms with E-state index in [0.29, 0.717) is 10.8 Å². The minimum Gasteiger partial charge on any atom is -0.477 e. The van der Waals surface area contributed by atoms with Crippen molar-refractivity contribution in [2.24, 2.45) is 5.92 Å². The van der Waals surface area contributed by atoms with E-state index in [9.17, 15) is 9.90 Å². The largest absolute Gasteiger partial charge is 0.477 e. The van der Waals surface area contributed by atoms with Gasteiger partial charge in [-0.25, -0.2) is 4.79 Å². The Morgan fingerprint density at radius 3 is 2.70 bits per heavy atom. The van der Waals surface area contributed by atoms with Crippen LogP contribution in [0.4, 0.5) is 0 Å². The molecular formula is C23H27NO2S. The van der Waals surface area contributed by atoms with E-state index in [0.717, 1.165) is 41.9 Å². The first-order chi connectivity index (χ1) is 13.0. The normalized spacial score (nSPS) is 15.5. The van der Waals surface area contributed by atoms with Crippen LogP contribution in [0.15, 0.2) is 53.6 Å². The van der Waals surface area contributed by atoms with Crippen LogP contribution in [0.25, 0.3) is 16.0 Å². The summed E-state index contributed by atoms with van der Waals surface area (Å²) in [5.41, 5.74) is 5.65. The van der Waals surface area contributed by atoms with Gasteiger partial charge in [0.2, 0.25) is 0 Å². The second-order valence-corrected chi connectivity index (χ2v) is 8.48. The van der Waals surface area contributed by atoms with Crippen LogP contribution in [-0.2, 0) is 0 Å². The number of rotatable bonds is 6. The van der Waals surface area contributed by atoms with Gasteiger partial charge in [0.25, 0.3) is 0 Å². The molecule has 3 nitrogen and oxygen atoms in total. The number of hydrogen-bond donors (Lipinski definition) is 2. The van der Waals surface area contributed by atoms with Crippen molar-refractivity contribution in [2.75, 3.05) is 13.1 Å². The van der Waals surface area contributed by atoms with Gasteiger partial charge in [-0.3, -0.25) is 0 Å². The number of hydrogen-bond acceptors (Lipinski definition) is 3. The molecular weight excluding hydrogens is 354 g/mol. The van der Waals surface area contributed by atoms with E-state index in [4.69, 9.17) is 0 Å². The van der Waals surface area contributed by atoms with Gasteiger partial charge in [0, 0.05) is 17.0 Å². The van der Waals surface area contributed by atoms with E-state index < -0.39 is 5.97 Å². The van der Waals surface area contributed by atoms with Gasteiger partial charge in [0.15, 0.2) is 0 Å². The molecule has 0 saturated heterocycles. The van der Waals surface area contributed by atoms with Crippen LogP contribution in [-0.4, -0.2) is 24.2 Å². The third-order valence-electron chi connectivity index (χ3n) is 4.90. The number of nitrogens with one attached hydrogen (secondary N) is 1. The number of benzene rings is 1. The summed E-state index contributed by atoms with van der Waals surface area (Å²) < 4.78 is 0. The lowest BCUT2D eigenvalue weighted by Crippen LogP contribution is -2.25. The summed E-state index contributed by atoms with van der Waals surface area (Å²) in [5.74, 6) is -0.229. The minimum atomic E-state index is -0.841. The van der Waals surface area contributed by atoms with Crippen LogP contribution >= 0.6 is 11.3 Å². The summed E-state index contributed by atoms with van der Waals surface area (Å²) in [7, 11) is 0. The molecule has 27 heavy (non-hydrogen) atoms. The Labute approximate surface area is 165 Å². The second kappa shape index (κ2) is 8.68. The van der Waals surface area contributed by atoms with Crippen LogP contribution < -0.4 is 5.32 Å². The fourth-order valence-electron chi connectivity index (χ4n) is 3.41. The molecule has 0 aliphatic carbocycles. The molecule has 1 aromatic heterocycles. The quantitative estimate of drug-likeness (QED) is 0.659. The molecule has 0 amide bonds. The third-order valence-corrected chi connectivity index (χ3v) is 6.07. The maximum atomic E-state index is 12.0. The van der Waals surface area contributed by atoms with Crippen LogP contribution in [0, 0.1) is 5.92 Å². The topological polar surface area (TPSA) is 49.3 Å². The highest BCUT2D eigenvalue weighted by Crippen LogP contribution is 2.39. The van der Waals surface area contributed by atoms with E-state index in [-0.39, 0.29) is 0 Å². The lowest BCUT2D eigenvalue weighted by atomic mass is 9.89. The summed E-state index contributed by atoms with van der Waals surface area (Å²) in [6, 6.07) is 12.1. The number of carbonyl (C=O) groups is 1. The van der Waals surface area contributed by atoms with E-state index in [2.05, 4.69) is 38.2 Å². The van der Waals surface area contributed by atoms with Crippen LogP contribution in [0.1, 0.15) is 48.8 Å². The molecule has 1 aliphatic rings. The Morgan fingerprint density at radius 1 is 1.30 bits per heavy atom. The highest BCUT2D eigenvalue weighted by Gasteiger charge is 2.23. The number of thiophene rings is 1. The molecule has 0 radical (unpaired) electrons. The number of aromatic carboxylic acids is 1. The Kier molecular flexibility index (Phi) is 6.30. The van der Waals surface area contributed by atoms with Crippen molar-refractivity contribution in [3.05, 3.63) is 64.1 Å². The second-order valence-electron chi connectivity index (χ2n) is 7.43. The predicted octanol–water partition coefficient (Wildman–Crippen LogP) is 5.85. The zero-order valence-electron chi connectivity index (χ0n) is 16.2. The molecule has 1 aliphatic heterocycles. The van der Waals surface area contributed by atoms with Crippen LogP contribution in [0.3, 0.4) is 0 Å². The monoisotopic (exact) mass is 381 g/mol. The van der Waals surface area contributed by atoms with Crippen LogP contribution in [0.2, 0.25) is 0 Å². The Balaban J connectivity index is 2.10. The Bertz CT molecular complexity index is 875. The molecule has 0 unspecified atom stereocenters. The van der Waals surface area contributed by atoms with Gasteiger partial charge in [-0.15, -0.1) is 11.3 Å². The summed E-state index contributed by atoms with van der Waals surface area (Å²) in [6.07, 6.45) is 4.18. The molecule has 3 rings (SSSR count). The highest BCUT2D eigenvalue weighted by molar-refractivity contribution is 7.17. The van der Waals surface area contributed by atoms with Gasteiger partial charge in [0.1, 0.15) is 4.88 Å². The van der Waals surface area contributed by atoms with Gasteiger partial charge >= 0.3 is 5.97 Å². The van der Waals surface area contributed by atoms with Crippen molar-refractivity contribution in [2.45, 2.75) is 33.6 Å². The van der Waals surface area contributed by atoms with E-state index in [1.165, 1.54) is 28.1 Å². The van der Waals surface area contributed by atoms with Gasteiger partial charge in [0.05, 0.1) is 0 Å². The zero-order chi connectivity index (χ0) is 19.4. The number of allylic oxidation sites excluding steroid dienone is 1. The molecule has 2 N–H and O–H groups in total. The molecule has 4 heteroatoms. The van der Waals surface area contributed by atoms with E-state index in [1.807, 2.05) is 30.3 Å². The molecule has 2 heterocycles. The molecule has 1 aromatic carbocycles. The molecule has 0 bridgehead atoms. The molecule has 0 fully saturated rings. The molecule has 0 atom stereocenters. The van der Waals surface area contributed by atoms with Crippen molar-refractivity contribution >= 4 is 22.9 Å². The first-order valence-electron chi connectivity index (χ1n) is 9.50. The smallest absolute Gasteiger partial charge is 0.346 e. The van der Waals surface area contributed by atoms with Gasteiger partial charge < -0.3 is 10.4 Å². The Morgan fingerprint density at radius 2 is 2.04 bits per heavy atom.